The largest absolute Gasteiger partial charge is 0.392 e. The maximum atomic E-state index is 10.0. The third kappa shape index (κ3) is 3.16. The van der Waals surface area contributed by atoms with Gasteiger partial charge >= 0.3 is 0 Å². The van der Waals surface area contributed by atoms with Crippen LogP contribution in [0.25, 0.3) is 0 Å². The van der Waals surface area contributed by atoms with E-state index in [1.807, 2.05) is 0 Å². The molecule has 0 aliphatic carbocycles. The number of rotatable bonds is 4. The maximum Gasteiger partial charge on any atom is 0.0675 e. The van der Waals surface area contributed by atoms with Crippen molar-refractivity contribution < 1.29 is 5.11 Å². The van der Waals surface area contributed by atoms with Gasteiger partial charge in [-0.05, 0) is 29.6 Å². The Hall–Kier alpha value is -0.683. The number of benzene rings is 1. The van der Waals surface area contributed by atoms with Crippen LogP contribution in [0.3, 0.4) is 0 Å². The van der Waals surface area contributed by atoms with E-state index < -0.39 is 0 Å². The normalized spacial score (nSPS) is 19.9. The fraction of sp³-hybridized carbons (Fsp3) is 0.538. The van der Waals surface area contributed by atoms with Gasteiger partial charge < -0.3 is 10.8 Å². The first-order valence-corrected chi connectivity index (χ1v) is 7.53. The van der Waals surface area contributed by atoms with E-state index in [9.17, 15) is 5.11 Å². The fourth-order valence-electron chi connectivity index (χ4n) is 2.31. The molecule has 1 unspecified atom stereocenters. The van der Waals surface area contributed by atoms with Crippen molar-refractivity contribution in [3.63, 3.8) is 0 Å². The SMILES string of the molecule is NCC([SiH3])[C@H](O)CN1CCc2ccccc2C1. The third-order valence-corrected chi connectivity index (χ3v) is 4.92. The van der Waals surface area contributed by atoms with E-state index in [1.165, 1.54) is 11.1 Å². The highest BCUT2D eigenvalue weighted by Gasteiger charge is 2.20. The van der Waals surface area contributed by atoms with Crippen molar-refractivity contribution in [1.29, 1.82) is 0 Å². The van der Waals surface area contributed by atoms with Gasteiger partial charge in [0.1, 0.15) is 0 Å². The van der Waals surface area contributed by atoms with E-state index >= 15 is 0 Å². The number of fused-ring (bicyclic) bond motifs is 1. The van der Waals surface area contributed by atoms with Crippen molar-refractivity contribution in [2.75, 3.05) is 19.6 Å². The van der Waals surface area contributed by atoms with Gasteiger partial charge in [-0.1, -0.05) is 24.3 Å². The Morgan fingerprint density at radius 2 is 2.06 bits per heavy atom. The monoisotopic (exact) mass is 250 g/mol. The minimum Gasteiger partial charge on any atom is -0.392 e. The second-order valence-corrected chi connectivity index (χ2v) is 6.52. The lowest BCUT2D eigenvalue weighted by atomic mass is 9.99. The van der Waals surface area contributed by atoms with E-state index in [4.69, 9.17) is 5.73 Å². The molecule has 17 heavy (non-hydrogen) atoms. The Kier molecular flexibility index (Phi) is 4.34. The molecule has 3 N–H and O–H groups in total. The summed E-state index contributed by atoms with van der Waals surface area (Å²) in [6, 6.07) is 8.59. The topological polar surface area (TPSA) is 49.5 Å². The first-order chi connectivity index (χ1) is 8.20. The quantitative estimate of drug-likeness (QED) is 0.710. The van der Waals surface area contributed by atoms with Crippen LogP contribution in [-0.2, 0) is 13.0 Å². The Morgan fingerprint density at radius 3 is 2.76 bits per heavy atom. The highest BCUT2D eigenvalue weighted by atomic mass is 28.1. The van der Waals surface area contributed by atoms with Gasteiger partial charge in [-0.15, -0.1) is 0 Å². The van der Waals surface area contributed by atoms with Crippen molar-refractivity contribution >= 4 is 10.2 Å². The summed E-state index contributed by atoms with van der Waals surface area (Å²) in [6.07, 6.45) is 0.842. The number of β-amino-alcohol motifs (C(OH)–C–C–N with tert-alkyl or cyclic N) is 1. The molecule has 0 amide bonds. The van der Waals surface area contributed by atoms with E-state index in [0.717, 1.165) is 36.3 Å². The Bertz CT molecular complexity index is 372. The van der Waals surface area contributed by atoms with Gasteiger partial charge in [-0.2, -0.15) is 0 Å². The molecule has 0 radical (unpaired) electrons. The molecule has 1 heterocycles. The summed E-state index contributed by atoms with van der Waals surface area (Å²) in [5.41, 5.74) is 8.79. The minimum atomic E-state index is -0.253. The first kappa shape index (κ1) is 12.8. The number of hydrogen-bond acceptors (Lipinski definition) is 3. The molecule has 0 aromatic heterocycles. The lowest BCUT2D eigenvalue weighted by molar-refractivity contribution is 0.101. The van der Waals surface area contributed by atoms with E-state index in [0.29, 0.717) is 12.1 Å². The summed E-state index contributed by atoms with van der Waals surface area (Å²) in [7, 11) is 0.968. The molecule has 3 nitrogen and oxygen atoms in total. The van der Waals surface area contributed by atoms with Crippen LogP contribution >= 0.6 is 0 Å². The molecule has 2 atom stereocenters. The molecule has 1 aromatic rings. The molecule has 1 aromatic carbocycles. The van der Waals surface area contributed by atoms with Crippen molar-refractivity contribution in [3.05, 3.63) is 35.4 Å². The lowest BCUT2D eigenvalue weighted by Gasteiger charge is -2.31. The molecule has 2 rings (SSSR count). The first-order valence-electron chi connectivity index (χ1n) is 6.38. The molecular weight excluding hydrogens is 228 g/mol. The van der Waals surface area contributed by atoms with Crippen LogP contribution < -0.4 is 5.73 Å². The Morgan fingerprint density at radius 1 is 1.35 bits per heavy atom. The van der Waals surface area contributed by atoms with Crippen molar-refractivity contribution in [3.8, 4) is 0 Å². The fourth-order valence-corrected chi connectivity index (χ4v) is 2.52. The molecule has 0 bridgehead atoms. The highest BCUT2D eigenvalue weighted by Crippen LogP contribution is 2.19. The standard InChI is InChI=1S/C13H22N2OSi/c14-7-13(17)12(16)9-15-6-5-10-3-1-2-4-11(10)8-15/h1-4,12-13,16H,5-9,14H2,17H3/t12-,13?/m1/s1. The summed E-state index contributed by atoms with van der Waals surface area (Å²) in [4.78, 5) is 2.34. The number of nitrogens with two attached hydrogens (primary N) is 1. The van der Waals surface area contributed by atoms with Gasteiger partial charge in [-0.25, -0.2) is 0 Å². The molecule has 0 saturated carbocycles. The minimum absolute atomic E-state index is 0.253. The predicted octanol–water partition coefficient (Wildman–Crippen LogP) is -0.482. The van der Waals surface area contributed by atoms with Gasteiger partial charge in [0.25, 0.3) is 0 Å². The van der Waals surface area contributed by atoms with Crippen LogP contribution in [-0.4, -0.2) is 46.0 Å². The van der Waals surface area contributed by atoms with Crippen LogP contribution in [0.2, 0.25) is 5.54 Å². The molecule has 94 valence electrons. The summed E-state index contributed by atoms with van der Waals surface area (Å²) in [6.45, 7) is 3.39. The zero-order valence-electron chi connectivity index (χ0n) is 10.5. The molecule has 0 spiro atoms. The summed E-state index contributed by atoms with van der Waals surface area (Å²) in [5, 5.41) is 10.0. The van der Waals surface area contributed by atoms with Crippen LogP contribution in [0.5, 0.6) is 0 Å². The Balaban J connectivity index is 1.94. The second-order valence-electron chi connectivity index (χ2n) is 5.03. The maximum absolute atomic E-state index is 10.0. The van der Waals surface area contributed by atoms with Crippen molar-refractivity contribution in [2.24, 2.45) is 5.73 Å². The predicted molar refractivity (Wildman–Crippen MR) is 74.2 cm³/mol. The van der Waals surface area contributed by atoms with Gasteiger partial charge in [0, 0.05) is 29.9 Å². The van der Waals surface area contributed by atoms with Gasteiger partial charge in [0.05, 0.1) is 6.10 Å². The van der Waals surface area contributed by atoms with Gasteiger partial charge in [-0.3, -0.25) is 4.90 Å². The summed E-state index contributed by atoms with van der Waals surface area (Å²) >= 11 is 0. The zero-order valence-corrected chi connectivity index (χ0v) is 12.5. The number of aliphatic hydroxyl groups is 1. The molecule has 4 heteroatoms. The van der Waals surface area contributed by atoms with E-state index in [-0.39, 0.29) is 6.10 Å². The number of hydrogen-bond donors (Lipinski definition) is 2. The van der Waals surface area contributed by atoms with E-state index in [2.05, 4.69) is 29.2 Å². The second kappa shape index (κ2) is 5.77. The molecule has 0 saturated heterocycles. The summed E-state index contributed by atoms with van der Waals surface area (Å²) < 4.78 is 0. The van der Waals surface area contributed by atoms with Crippen LogP contribution in [0.4, 0.5) is 0 Å². The summed E-state index contributed by atoms with van der Waals surface area (Å²) in [5.74, 6) is 0. The zero-order chi connectivity index (χ0) is 12.3. The smallest absolute Gasteiger partial charge is 0.0675 e. The molecule has 0 fully saturated rings. The van der Waals surface area contributed by atoms with Crippen LogP contribution in [0.1, 0.15) is 11.1 Å². The van der Waals surface area contributed by atoms with Gasteiger partial charge in [0.15, 0.2) is 0 Å². The average molecular weight is 250 g/mol. The highest BCUT2D eigenvalue weighted by molar-refractivity contribution is 6.12. The van der Waals surface area contributed by atoms with Crippen LogP contribution in [0.15, 0.2) is 24.3 Å². The third-order valence-electron chi connectivity index (χ3n) is 3.68. The average Bonchev–Trinajstić information content (AvgIpc) is 2.37. The molecule has 1 aliphatic rings. The Labute approximate surface area is 106 Å². The number of aliphatic hydroxyl groups excluding tert-OH is 1. The van der Waals surface area contributed by atoms with Crippen LogP contribution in [0, 0.1) is 0 Å². The van der Waals surface area contributed by atoms with E-state index in [1.54, 1.807) is 0 Å². The molecule has 1 aliphatic heterocycles. The lowest BCUT2D eigenvalue weighted by Crippen LogP contribution is -2.39. The van der Waals surface area contributed by atoms with Crippen molar-refractivity contribution in [2.45, 2.75) is 24.6 Å². The van der Waals surface area contributed by atoms with Gasteiger partial charge in [0.2, 0.25) is 0 Å². The van der Waals surface area contributed by atoms with Crippen molar-refractivity contribution in [1.82, 2.24) is 4.90 Å². The molecular formula is C13H22N2OSi. The number of nitrogens with zero attached hydrogens (tertiary/aromatic N) is 1.